The highest BCUT2D eigenvalue weighted by atomic mass is 16.3. The zero-order chi connectivity index (χ0) is 31.1. The molecular formula is C43H25N3O. The summed E-state index contributed by atoms with van der Waals surface area (Å²) in [5.41, 5.74) is 11.4. The molecule has 47 heavy (non-hydrogen) atoms. The maximum Gasteiger partial charge on any atom is 0.136 e. The molecule has 0 aliphatic rings. The molecule has 0 saturated carbocycles. The Morgan fingerprint density at radius 2 is 0.979 bits per heavy atom. The highest BCUT2D eigenvalue weighted by molar-refractivity contribution is 6.27. The molecule has 0 fully saturated rings. The van der Waals surface area contributed by atoms with Crippen LogP contribution in [0.1, 0.15) is 5.56 Å². The van der Waals surface area contributed by atoms with Crippen LogP contribution in [0.15, 0.2) is 156 Å². The lowest BCUT2D eigenvalue weighted by atomic mass is 10.0. The summed E-state index contributed by atoms with van der Waals surface area (Å²) in [5.74, 6) is 0. The summed E-state index contributed by atoms with van der Waals surface area (Å²) in [6.45, 7) is 0. The molecule has 10 rings (SSSR count). The normalized spacial score (nSPS) is 11.8. The van der Waals surface area contributed by atoms with Gasteiger partial charge in [-0.3, -0.25) is 0 Å². The number of hydrogen-bond acceptors (Lipinski definition) is 2. The Morgan fingerprint density at radius 1 is 0.426 bits per heavy atom. The molecule has 0 N–H and O–H groups in total. The fourth-order valence-corrected chi connectivity index (χ4v) is 7.52. The second-order valence-electron chi connectivity index (χ2n) is 12.1. The summed E-state index contributed by atoms with van der Waals surface area (Å²) in [4.78, 5) is 0. The van der Waals surface area contributed by atoms with E-state index in [4.69, 9.17) is 4.42 Å². The third-order valence-electron chi connectivity index (χ3n) is 9.52. The molecule has 0 atom stereocenters. The third kappa shape index (κ3) is 3.69. The summed E-state index contributed by atoms with van der Waals surface area (Å²) in [6, 6.07) is 55.6. The number of para-hydroxylation sites is 3. The molecule has 0 unspecified atom stereocenters. The molecule has 0 aliphatic heterocycles. The zero-order valence-corrected chi connectivity index (χ0v) is 25.2. The zero-order valence-electron chi connectivity index (χ0n) is 25.2. The molecule has 0 aliphatic carbocycles. The Kier molecular flexibility index (Phi) is 5.32. The van der Waals surface area contributed by atoms with Crippen LogP contribution in [-0.4, -0.2) is 9.13 Å². The molecule has 3 heterocycles. The van der Waals surface area contributed by atoms with Gasteiger partial charge in [-0.15, -0.1) is 0 Å². The van der Waals surface area contributed by atoms with E-state index in [9.17, 15) is 5.26 Å². The molecule has 7 aromatic carbocycles. The van der Waals surface area contributed by atoms with Crippen molar-refractivity contribution in [3.8, 4) is 28.6 Å². The molecule has 0 bridgehead atoms. The Bertz CT molecular complexity index is 2880. The van der Waals surface area contributed by atoms with Crippen molar-refractivity contribution in [2.75, 3.05) is 0 Å². The van der Waals surface area contributed by atoms with Crippen molar-refractivity contribution in [1.29, 1.82) is 5.26 Å². The van der Waals surface area contributed by atoms with E-state index in [0.29, 0.717) is 5.56 Å². The second-order valence-corrected chi connectivity index (χ2v) is 12.1. The largest absolute Gasteiger partial charge is 0.456 e. The minimum atomic E-state index is 0.622. The van der Waals surface area contributed by atoms with Crippen molar-refractivity contribution in [3.63, 3.8) is 0 Å². The third-order valence-corrected chi connectivity index (χ3v) is 9.52. The predicted molar refractivity (Wildman–Crippen MR) is 193 cm³/mol. The molecule has 0 spiro atoms. The van der Waals surface area contributed by atoms with E-state index in [1.807, 2.05) is 18.2 Å². The molecule has 4 heteroatoms. The predicted octanol–water partition coefficient (Wildman–Crippen LogP) is 11.3. The van der Waals surface area contributed by atoms with Crippen LogP contribution in [0.5, 0.6) is 0 Å². The van der Waals surface area contributed by atoms with E-state index in [-0.39, 0.29) is 0 Å². The minimum Gasteiger partial charge on any atom is -0.456 e. The fraction of sp³-hybridized carbons (Fsp3) is 0. The lowest BCUT2D eigenvalue weighted by Crippen LogP contribution is -1.96. The van der Waals surface area contributed by atoms with Crippen LogP contribution in [0, 0.1) is 11.3 Å². The molecule has 218 valence electrons. The fourth-order valence-electron chi connectivity index (χ4n) is 7.52. The quantitative estimate of drug-likeness (QED) is 0.203. The Balaban J connectivity index is 1.18. The number of benzene rings is 7. The standard InChI is InChI=1S/C43H25N3O/c44-26-27-19-21-40-35(23-27)43-41(47-40)22-20-39-42(43)34-15-3-6-18-38(34)46(39)31-12-8-10-29(25-31)28-9-7-11-30(24-28)45-36-16-4-1-13-32(36)33-14-2-5-17-37(33)45/h1-25H. The first kappa shape index (κ1) is 25.7. The van der Waals surface area contributed by atoms with Crippen LogP contribution >= 0.6 is 0 Å². The van der Waals surface area contributed by atoms with E-state index >= 15 is 0 Å². The number of fused-ring (bicyclic) bond motifs is 10. The van der Waals surface area contributed by atoms with E-state index in [2.05, 4.69) is 149 Å². The Hall–Kier alpha value is -6.57. The first-order valence-electron chi connectivity index (χ1n) is 15.7. The van der Waals surface area contributed by atoms with Crippen LogP contribution in [-0.2, 0) is 0 Å². The summed E-state index contributed by atoms with van der Waals surface area (Å²) in [5, 5.41) is 16.4. The van der Waals surface area contributed by atoms with Crippen molar-refractivity contribution in [2.24, 2.45) is 0 Å². The topological polar surface area (TPSA) is 46.8 Å². The number of nitriles is 1. The van der Waals surface area contributed by atoms with Gasteiger partial charge in [0.05, 0.1) is 33.7 Å². The molecular weight excluding hydrogens is 574 g/mol. The average molecular weight is 600 g/mol. The van der Waals surface area contributed by atoms with E-state index in [1.54, 1.807) is 0 Å². The minimum absolute atomic E-state index is 0.622. The van der Waals surface area contributed by atoms with Gasteiger partial charge in [0.2, 0.25) is 0 Å². The lowest BCUT2D eigenvalue weighted by Gasteiger charge is -2.12. The van der Waals surface area contributed by atoms with Crippen LogP contribution in [0.2, 0.25) is 0 Å². The average Bonchev–Trinajstić information content (AvgIpc) is 3.79. The summed E-state index contributed by atoms with van der Waals surface area (Å²) in [6.07, 6.45) is 0. The Morgan fingerprint density at radius 3 is 1.62 bits per heavy atom. The number of furan rings is 1. The lowest BCUT2D eigenvalue weighted by molar-refractivity contribution is 0.669. The van der Waals surface area contributed by atoms with E-state index < -0.39 is 0 Å². The van der Waals surface area contributed by atoms with Crippen LogP contribution in [0.3, 0.4) is 0 Å². The first-order chi connectivity index (χ1) is 23.3. The Labute approximate surface area is 269 Å². The van der Waals surface area contributed by atoms with Gasteiger partial charge in [-0.25, -0.2) is 0 Å². The molecule has 3 aromatic heterocycles. The molecule has 0 saturated heterocycles. The smallest absolute Gasteiger partial charge is 0.136 e. The van der Waals surface area contributed by atoms with Crippen molar-refractivity contribution < 1.29 is 4.42 Å². The first-order valence-corrected chi connectivity index (χ1v) is 15.7. The monoisotopic (exact) mass is 599 g/mol. The molecule has 0 radical (unpaired) electrons. The number of rotatable bonds is 3. The number of nitrogens with zero attached hydrogens (tertiary/aromatic N) is 3. The highest BCUT2D eigenvalue weighted by Crippen LogP contribution is 2.42. The SMILES string of the molecule is N#Cc1ccc2oc3ccc4c(c5ccccc5n4-c4cccc(-c5cccc(-n6c7ccccc7c7ccccc76)c5)c4)c3c2c1. The van der Waals surface area contributed by atoms with Crippen LogP contribution in [0.25, 0.3) is 88.1 Å². The van der Waals surface area contributed by atoms with E-state index in [0.717, 1.165) is 66.2 Å². The second kappa shape index (κ2) is 9.71. The maximum absolute atomic E-state index is 9.64. The summed E-state index contributed by atoms with van der Waals surface area (Å²) >= 11 is 0. The number of hydrogen-bond donors (Lipinski definition) is 0. The van der Waals surface area contributed by atoms with Gasteiger partial charge in [-0.1, -0.05) is 78.9 Å². The van der Waals surface area contributed by atoms with Crippen LogP contribution in [0.4, 0.5) is 0 Å². The maximum atomic E-state index is 9.64. The van der Waals surface area contributed by atoms with Crippen LogP contribution < -0.4 is 0 Å². The van der Waals surface area contributed by atoms with Crippen molar-refractivity contribution in [1.82, 2.24) is 9.13 Å². The summed E-state index contributed by atoms with van der Waals surface area (Å²) in [7, 11) is 0. The summed E-state index contributed by atoms with van der Waals surface area (Å²) < 4.78 is 11.0. The van der Waals surface area contributed by atoms with Gasteiger partial charge in [0, 0.05) is 43.7 Å². The number of aromatic nitrogens is 2. The van der Waals surface area contributed by atoms with Gasteiger partial charge in [0.1, 0.15) is 11.2 Å². The van der Waals surface area contributed by atoms with Gasteiger partial charge < -0.3 is 13.6 Å². The molecule has 10 aromatic rings. The van der Waals surface area contributed by atoms with Gasteiger partial charge in [-0.2, -0.15) is 5.26 Å². The van der Waals surface area contributed by atoms with Gasteiger partial charge in [0.15, 0.2) is 0 Å². The molecule has 0 amide bonds. The van der Waals surface area contributed by atoms with Gasteiger partial charge in [-0.05, 0) is 83.9 Å². The van der Waals surface area contributed by atoms with Crippen molar-refractivity contribution in [2.45, 2.75) is 0 Å². The highest BCUT2D eigenvalue weighted by Gasteiger charge is 2.19. The molecule has 4 nitrogen and oxygen atoms in total. The van der Waals surface area contributed by atoms with Gasteiger partial charge in [0.25, 0.3) is 0 Å². The van der Waals surface area contributed by atoms with Gasteiger partial charge >= 0.3 is 0 Å². The van der Waals surface area contributed by atoms with Crippen molar-refractivity contribution >= 4 is 65.6 Å². The van der Waals surface area contributed by atoms with E-state index in [1.165, 1.54) is 21.8 Å². The van der Waals surface area contributed by atoms with Crippen molar-refractivity contribution in [3.05, 3.63) is 157 Å².